The SMILES string of the molecule is C=C[C@@H](C)CC(=N)CC(=O)O. The van der Waals surface area contributed by atoms with Crippen LogP contribution in [0, 0.1) is 11.3 Å². The second kappa shape index (κ2) is 4.66. The normalized spacial score (nSPS) is 12.1. The van der Waals surface area contributed by atoms with Gasteiger partial charge in [-0.25, -0.2) is 0 Å². The number of nitrogens with one attached hydrogen (secondary N) is 1. The standard InChI is InChI=1S/C8H13NO2/c1-3-6(2)4-7(9)5-8(10)11/h3,6,9H,1,4-5H2,2H3,(H,10,11)/t6-/m1/s1. The maximum atomic E-state index is 10.1. The number of carboxylic acids is 1. The Morgan fingerprint density at radius 3 is 2.73 bits per heavy atom. The third-order valence-corrected chi connectivity index (χ3v) is 1.34. The monoisotopic (exact) mass is 155 g/mol. The third kappa shape index (κ3) is 5.33. The molecule has 0 aromatic rings. The fraction of sp³-hybridized carbons (Fsp3) is 0.500. The molecule has 0 fully saturated rings. The maximum absolute atomic E-state index is 10.1. The Bertz CT molecular complexity index is 175. The highest BCUT2D eigenvalue weighted by Gasteiger charge is 2.05. The van der Waals surface area contributed by atoms with Crippen molar-refractivity contribution >= 4 is 11.7 Å². The number of carboxylic acid groups (broad SMARTS) is 1. The Balaban J connectivity index is 3.69. The molecule has 0 spiro atoms. The van der Waals surface area contributed by atoms with Gasteiger partial charge >= 0.3 is 5.97 Å². The summed E-state index contributed by atoms with van der Waals surface area (Å²) in [4.78, 5) is 10.1. The van der Waals surface area contributed by atoms with Gasteiger partial charge in [-0.1, -0.05) is 13.0 Å². The van der Waals surface area contributed by atoms with Crippen LogP contribution in [0.1, 0.15) is 19.8 Å². The van der Waals surface area contributed by atoms with Gasteiger partial charge in [0.15, 0.2) is 0 Å². The lowest BCUT2D eigenvalue weighted by molar-refractivity contribution is -0.135. The van der Waals surface area contributed by atoms with E-state index in [9.17, 15) is 4.79 Å². The number of hydrogen-bond donors (Lipinski definition) is 2. The molecule has 0 aliphatic rings. The summed E-state index contributed by atoms with van der Waals surface area (Å²) in [6, 6.07) is 0. The van der Waals surface area contributed by atoms with Gasteiger partial charge in [-0.3, -0.25) is 4.79 Å². The quantitative estimate of drug-likeness (QED) is 0.468. The van der Waals surface area contributed by atoms with E-state index < -0.39 is 5.97 Å². The minimum atomic E-state index is -0.939. The van der Waals surface area contributed by atoms with Crippen molar-refractivity contribution in [2.45, 2.75) is 19.8 Å². The van der Waals surface area contributed by atoms with Gasteiger partial charge in [-0.2, -0.15) is 0 Å². The lowest BCUT2D eigenvalue weighted by atomic mass is 10.0. The van der Waals surface area contributed by atoms with Crippen LogP contribution in [0.3, 0.4) is 0 Å². The van der Waals surface area contributed by atoms with Crippen LogP contribution in [-0.2, 0) is 4.79 Å². The van der Waals surface area contributed by atoms with E-state index in [0.717, 1.165) is 0 Å². The van der Waals surface area contributed by atoms with Crippen LogP contribution in [0.2, 0.25) is 0 Å². The largest absolute Gasteiger partial charge is 0.481 e. The van der Waals surface area contributed by atoms with Crippen LogP contribution in [-0.4, -0.2) is 16.8 Å². The zero-order valence-electron chi connectivity index (χ0n) is 6.63. The Morgan fingerprint density at radius 1 is 1.82 bits per heavy atom. The molecule has 2 N–H and O–H groups in total. The molecule has 0 radical (unpaired) electrons. The molecular formula is C8H13NO2. The van der Waals surface area contributed by atoms with E-state index in [1.807, 2.05) is 6.92 Å². The molecule has 0 rings (SSSR count). The van der Waals surface area contributed by atoms with Gasteiger partial charge in [0.2, 0.25) is 0 Å². The van der Waals surface area contributed by atoms with Crippen LogP contribution in [0.5, 0.6) is 0 Å². The molecule has 1 atom stereocenters. The van der Waals surface area contributed by atoms with Crippen LogP contribution in [0.25, 0.3) is 0 Å². The van der Waals surface area contributed by atoms with Gasteiger partial charge in [0.1, 0.15) is 0 Å². The molecule has 0 saturated carbocycles. The second-order valence-electron chi connectivity index (χ2n) is 2.59. The van der Waals surface area contributed by atoms with Gasteiger partial charge in [0.25, 0.3) is 0 Å². The predicted octanol–water partition coefficient (Wildman–Crippen LogP) is 1.69. The van der Waals surface area contributed by atoms with Crippen LogP contribution in [0.4, 0.5) is 0 Å². The van der Waals surface area contributed by atoms with E-state index >= 15 is 0 Å². The second-order valence-corrected chi connectivity index (χ2v) is 2.59. The van der Waals surface area contributed by atoms with Gasteiger partial charge in [0.05, 0.1) is 6.42 Å². The van der Waals surface area contributed by atoms with Crippen molar-refractivity contribution in [2.75, 3.05) is 0 Å². The molecule has 0 aromatic carbocycles. The summed E-state index contributed by atoms with van der Waals surface area (Å²) in [6.07, 6.45) is 2.06. The van der Waals surface area contributed by atoms with E-state index in [1.165, 1.54) is 0 Å². The molecule has 0 aliphatic carbocycles. The topological polar surface area (TPSA) is 61.2 Å². The summed E-state index contributed by atoms with van der Waals surface area (Å²) in [7, 11) is 0. The Hall–Kier alpha value is -1.12. The zero-order valence-corrected chi connectivity index (χ0v) is 6.63. The number of hydrogen-bond acceptors (Lipinski definition) is 2. The highest BCUT2D eigenvalue weighted by atomic mass is 16.4. The molecule has 3 nitrogen and oxygen atoms in total. The molecule has 0 amide bonds. The van der Waals surface area contributed by atoms with Gasteiger partial charge in [-0.05, 0) is 12.3 Å². The summed E-state index contributed by atoms with van der Waals surface area (Å²) in [5.74, 6) is -0.742. The fourth-order valence-electron chi connectivity index (χ4n) is 0.727. The molecule has 0 saturated heterocycles. The van der Waals surface area contributed by atoms with Crippen molar-refractivity contribution in [3.8, 4) is 0 Å². The van der Waals surface area contributed by atoms with Crippen molar-refractivity contribution in [3.05, 3.63) is 12.7 Å². The van der Waals surface area contributed by atoms with E-state index in [2.05, 4.69) is 6.58 Å². The highest BCUT2D eigenvalue weighted by molar-refractivity contribution is 5.96. The van der Waals surface area contributed by atoms with Crippen molar-refractivity contribution in [2.24, 2.45) is 5.92 Å². The van der Waals surface area contributed by atoms with Gasteiger partial charge < -0.3 is 10.5 Å². The molecule has 0 heterocycles. The molecule has 11 heavy (non-hydrogen) atoms. The lowest BCUT2D eigenvalue weighted by Gasteiger charge is -2.04. The predicted molar refractivity (Wildman–Crippen MR) is 44.0 cm³/mol. The number of aliphatic carboxylic acids is 1. The van der Waals surface area contributed by atoms with E-state index in [1.54, 1.807) is 6.08 Å². The number of carbonyl (C=O) groups is 1. The van der Waals surface area contributed by atoms with E-state index in [0.29, 0.717) is 6.42 Å². The average molecular weight is 155 g/mol. The summed E-state index contributed by atoms with van der Waals surface area (Å²) in [5.41, 5.74) is 0.255. The Kier molecular flexibility index (Phi) is 4.18. The van der Waals surface area contributed by atoms with Crippen molar-refractivity contribution < 1.29 is 9.90 Å². The van der Waals surface area contributed by atoms with Crippen LogP contribution < -0.4 is 0 Å². The van der Waals surface area contributed by atoms with Gasteiger partial charge in [-0.15, -0.1) is 6.58 Å². The average Bonchev–Trinajstić information content (AvgIpc) is 1.85. The first-order chi connectivity index (χ1) is 5.06. The third-order valence-electron chi connectivity index (χ3n) is 1.34. The first-order valence-corrected chi connectivity index (χ1v) is 3.47. The number of allylic oxidation sites excluding steroid dienone is 1. The maximum Gasteiger partial charge on any atom is 0.309 e. The molecular weight excluding hydrogens is 142 g/mol. The summed E-state index contributed by atoms with van der Waals surface area (Å²) < 4.78 is 0. The van der Waals surface area contributed by atoms with Crippen molar-refractivity contribution in [1.82, 2.24) is 0 Å². The van der Waals surface area contributed by atoms with E-state index in [4.69, 9.17) is 10.5 Å². The van der Waals surface area contributed by atoms with Crippen LogP contribution in [0.15, 0.2) is 12.7 Å². The lowest BCUT2D eigenvalue weighted by Crippen LogP contribution is -2.08. The highest BCUT2D eigenvalue weighted by Crippen LogP contribution is 2.04. The summed E-state index contributed by atoms with van der Waals surface area (Å²) >= 11 is 0. The molecule has 0 unspecified atom stereocenters. The Labute approximate surface area is 66.2 Å². The molecule has 0 aromatic heterocycles. The van der Waals surface area contributed by atoms with Crippen LogP contribution >= 0.6 is 0 Å². The molecule has 3 heteroatoms. The first kappa shape index (κ1) is 9.88. The fourth-order valence-corrected chi connectivity index (χ4v) is 0.727. The minimum absolute atomic E-state index is 0.155. The van der Waals surface area contributed by atoms with Crippen molar-refractivity contribution in [3.63, 3.8) is 0 Å². The first-order valence-electron chi connectivity index (χ1n) is 3.47. The number of rotatable bonds is 5. The minimum Gasteiger partial charge on any atom is -0.481 e. The summed E-state index contributed by atoms with van der Waals surface area (Å²) in [5, 5.41) is 15.5. The molecule has 0 bridgehead atoms. The van der Waals surface area contributed by atoms with Gasteiger partial charge in [0, 0.05) is 5.71 Å². The summed E-state index contributed by atoms with van der Waals surface area (Å²) in [6.45, 7) is 5.45. The smallest absolute Gasteiger partial charge is 0.309 e. The molecule has 0 aliphatic heterocycles. The zero-order chi connectivity index (χ0) is 8.85. The Morgan fingerprint density at radius 2 is 2.36 bits per heavy atom. The van der Waals surface area contributed by atoms with Crippen molar-refractivity contribution in [1.29, 1.82) is 5.41 Å². The van der Waals surface area contributed by atoms with E-state index in [-0.39, 0.29) is 18.1 Å². The molecule has 62 valence electrons.